The number of rotatable bonds is 4. The number of carbonyl (C=O) groups excluding carboxylic acids is 1. The van der Waals surface area contributed by atoms with Crippen molar-refractivity contribution in [2.75, 3.05) is 18.0 Å². The fourth-order valence-corrected chi connectivity index (χ4v) is 5.98. The van der Waals surface area contributed by atoms with Crippen molar-refractivity contribution < 1.29 is 22.7 Å². The molecular weight excluding hydrogens is 547 g/mol. The first-order valence-corrected chi connectivity index (χ1v) is 13.1. The van der Waals surface area contributed by atoms with Crippen LogP contribution in [-0.4, -0.2) is 40.8 Å². The third-order valence-corrected chi connectivity index (χ3v) is 7.83. The molecule has 0 N–H and O–H groups in total. The van der Waals surface area contributed by atoms with E-state index in [9.17, 15) is 18.0 Å². The van der Waals surface area contributed by atoms with Crippen LogP contribution in [0, 0.1) is 0 Å². The summed E-state index contributed by atoms with van der Waals surface area (Å²) in [5.74, 6) is -0.421. The molecule has 2 aromatic carbocycles. The van der Waals surface area contributed by atoms with Gasteiger partial charge in [0.15, 0.2) is 0 Å². The minimum absolute atomic E-state index is 0.116. The van der Waals surface area contributed by atoms with Gasteiger partial charge in [-0.1, -0.05) is 15.9 Å². The largest absolute Gasteiger partial charge is 0.573 e. The standard InChI is InChI=1S/C28H27BrF3N3O2/c29-22-3-8-25-21(18-22)2-1-11-27(12-16-34(17-13-27)19-20-9-14-33-15-10-20)35(26(25)36)23-4-6-24(7-5-23)37-28(30,31)32/h3-10,14-15,18H,1-2,11-13,16-17,19H2. The topological polar surface area (TPSA) is 45.7 Å². The number of likely N-dealkylation sites (tertiary alicyclic amines) is 1. The van der Waals surface area contributed by atoms with E-state index in [0.717, 1.165) is 61.8 Å². The average molecular weight is 574 g/mol. The smallest absolute Gasteiger partial charge is 0.406 e. The highest BCUT2D eigenvalue weighted by molar-refractivity contribution is 9.10. The normalized spacial score (nSPS) is 18.3. The number of pyridine rings is 1. The first kappa shape index (κ1) is 25.7. The van der Waals surface area contributed by atoms with E-state index in [2.05, 4.69) is 30.6 Å². The quantitative estimate of drug-likeness (QED) is 0.346. The molecule has 1 aromatic heterocycles. The maximum atomic E-state index is 14.1. The van der Waals surface area contributed by atoms with Crippen molar-refractivity contribution in [2.45, 2.75) is 50.6 Å². The Labute approximate surface area is 222 Å². The molecule has 37 heavy (non-hydrogen) atoms. The SMILES string of the molecule is O=C1c2ccc(Br)cc2CCCC2(CCN(Cc3ccncc3)CC2)N1c1ccc(OC(F)(F)F)cc1. The van der Waals surface area contributed by atoms with E-state index in [4.69, 9.17) is 0 Å². The number of benzene rings is 2. The van der Waals surface area contributed by atoms with E-state index in [1.165, 1.54) is 17.7 Å². The molecule has 2 aliphatic rings. The molecule has 0 saturated carbocycles. The van der Waals surface area contributed by atoms with Crippen LogP contribution in [0.15, 0.2) is 71.5 Å². The predicted octanol–water partition coefficient (Wildman–Crippen LogP) is 6.76. The number of halogens is 4. The lowest BCUT2D eigenvalue weighted by Crippen LogP contribution is -2.58. The lowest BCUT2D eigenvalue weighted by atomic mass is 9.78. The number of carbonyl (C=O) groups is 1. The van der Waals surface area contributed by atoms with Crippen LogP contribution >= 0.6 is 15.9 Å². The lowest BCUT2D eigenvalue weighted by Gasteiger charge is -2.50. The summed E-state index contributed by atoms with van der Waals surface area (Å²) in [6.45, 7) is 2.44. The van der Waals surface area contributed by atoms with Crippen LogP contribution in [0.1, 0.15) is 47.2 Å². The van der Waals surface area contributed by atoms with Gasteiger partial charge < -0.3 is 9.64 Å². The number of fused-ring (bicyclic) bond motifs is 1. The number of piperidine rings is 1. The van der Waals surface area contributed by atoms with Crippen LogP contribution in [0.3, 0.4) is 0 Å². The maximum Gasteiger partial charge on any atom is 0.573 e. The van der Waals surface area contributed by atoms with E-state index in [0.29, 0.717) is 11.3 Å². The summed E-state index contributed by atoms with van der Waals surface area (Å²) in [4.78, 5) is 22.5. The molecule has 0 bridgehead atoms. The van der Waals surface area contributed by atoms with Crippen molar-refractivity contribution in [3.05, 3.63) is 88.2 Å². The van der Waals surface area contributed by atoms with Gasteiger partial charge in [-0.05, 0) is 97.8 Å². The summed E-state index contributed by atoms with van der Waals surface area (Å²) in [5, 5.41) is 0. The van der Waals surface area contributed by atoms with Crippen LogP contribution in [-0.2, 0) is 13.0 Å². The third kappa shape index (κ3) is 5.83. The molecule has 5 nitrogen and oxygen atoms in total. The Balaban J connectivity index is 1.47. The van der Waals surface area contributed by atoms with Gasteiger partial charge in [0, 0.05) is 47.8 Å². The molecule has 1 amide bonds. The Bertz CT molecular complexity index is 1240. The zero-order valence-corrected chi connectivity index (χ0v) is 21.8. The summed E-state index contributed by atoms with van der Waals surface area (Å²) in [7, 11) is 0. The number of aromatic nitrogens is 1. The number of amides is 1. The third-order valence-electron chi connectivity index (χ3n) is 7.33. The lowest BCUT2D eigenvalue weighted by molar-refractivity contribution is -0.274. The first-order valence-electron chi connectivity index (χ1n) is 12.3. The predicted molar refractivity (Wildman–Crippen MR) is 138 cm³/mol. The molecule has 194 valence electrons. The van der Waals surface area contributed by atoms with Crippen molar-refractivity contribution in [3.8, 4) is 5.75 Å². The van der Waals surface area contributed by atoms with Crippen molar-refractivity contribution in [2.24, 2.45) is 0 Å². The molecule has 0 aliphatic carbocycles. The highest BCUT2D eigenvalue weighted by atomic mass is 79.9. The minimum Gasteiger partial charge on any atom is -0.406 e. The molecule has 9 heteroatoms. The van der Waals surface area contributed by atoms with Gasteiger partial charge in [0.25, 0.3) is 5.91 Å². The Morgan fingerprint density at radius 1 is 0.973 bits per heavy atom. The van der Waals surface area contributed by atoms with Crippen molar-refractivity contribution in [1.82, 2.24) is 9.88 Å². The van der Waals surface area contributed by atoms with Crippen molar-refractivity contribution in [1.29, 1.82) is 0 Å². The van der Waals surface area contributed by atoms with Crippen LogP contribution in [0.2, 0.25) is 0 Å². The van der Waals surface area contributed by atoms with Gasteiger partial charge in [-0.3, -0.25) is 14.7 Å². The van der Waals surface area contributed by atoms with Crippen molar-refractivity contribution >= 4 is 27.5 Å². The number of anilines is 1. The maximum absolute atomic E-state index is 14.1. The van der Waals surface area contributed by atoms with Crippen LogP contribution < -0.4 is 9.64 Å². The summed E-state index contributed by atoms with van der Waals surface area (Å²) in [6.07, 6.45) is 2.88. The molecule has 5 rings (SSSR count). The summed E-state index contributed by atoms with van der Waals surface area (Å²) in [6, 6.07) is 15.4. The summed E-state index contributed by atoms with van der Waals surface area (Å²) < 4.78 is 43.2. The van der Waals surface area contributed by atoms with E-state index < -0.39 is 11.9 Å². The number of alkyl halides is 3. The monoisotopic (exact) mass is 573 g/mol. The summed E-state index contributed by atoms with van der Waals surface area (Å²) >= 11 is 3.51. The molecule has 1 fully saturated rings. The molecule has 1 spiro atoms. The summed E-state index contributed by atoms with van der Waals surface area (Å²) in [5.41, 5.74) is 2.96. The second-order valence-corrected chi connectivity index (χ2v) is 10.6. The Hall–Kier alpha value is -2.91. The molecule has 3 heterocycles. The molecule has 1 saturated heterocycles. The molecule has 2 aliphatic heterocycles. The first-order chi connectivity index (χ1) is 17.7. The number of nitrogens with zero attached hydrogens (tertiary/aromatic N) is 3. The van der Waals surface area contributed by atoms with Gasteiger partial charge in [-0.15, -0.1) is 13.2 Å². The second kappa shape index (κ2) is 10.5. The second-order valence-electron chi connectivity index (χ2n) is 9.69. The molecule has 0 unspecified atom stereocenters. The van der Waals surface area contributed by atoms with Gasteiger partial charge in [0.2, 0.25) is 0 Å². The molecular formula is C28H27BrF3N3O2. The van der Waals surface area contributed by atoms with Gasteiger partial charge >= 0.3 is 6.36 Å². The number of aryl methyl sites for hydroxylation is 1. The number of hydrogen-bond acceptors (Lipinski definition) is 4. The van der Waals surface area contributed by atoms with Crippen LogP contribution in [0.4, 0.5) is 18.9 Å². The minimum atomic E-state index is -4.77. The van der Waals surface area contributed by atoms with E-state index in [1.54, 1.807) is 24.5 Å². The van der Waals surface area contributed by atoms with Crippen LogP contribution in [0.5, 0.6) is 5.75 Å². The van der Waals surface area contributed by atoms with Gasteiger partial charge in [0.1, 0.15) is 5.75 Å². The van der Waals surface area contributed by atoms with Gasteiger partial charge in [-0.2, -0.15) is 0 Å². The Kier molecular flexibility index (Phi) is 7.27. The number of ether oxygens (including phenoxy) is 1. The van der Waals surface area contributed by atoms with Crippen LogP contribution in [0.25, 0.3) is 0 Å². The van der Waals surface area contributed by atoms with E-state index in [1.807, 2.05) is 35.2 Å². The van der Waals surface area contributed by atoms with E-state index >= 15 is 0 Å². The van der Waals surface area contributed by atoms with E-state index in [-0.39, 0.29) is 11.7 Å². The number of hydrogen-bond donors (Lipinski definition) is 0. The molecule has 0 atom stereocenters. The Morgan fingerprint density at radius 2 is 1.68 bits per heavy atom. The highest BCUT2D eigenvalue weighted by Gasteiger charge is 2.44. The Morgan fingerprint density at radius 3 is 2.35 bits per heavy atom. The fourth-order valence-electron chi connectivity index (χ4n) is 5.57. The highest BCUT2D eigenvalue weighted by Crippen LogP contribution is 2.41. The van der Waals surface area contributed by atoms with Crippen molar-refractivity contribution in [3.63, 3.8) is 0 Å². The fraction of sp³-hybridized carbons (Fsp3) is 0.357. The van der Waals surface area contributed by atoms with Gasteiger partial charge in [-0.25, -0.2) is 0 Å². The molecule has 0 radical (unpaired) electrons. The molecule has 3 aromatic rings. The average Bonchev–Trinajstić information content (AvgIpc) is 2.86. The zero-order valence-electron chi connectivity index (χ0n) is 20.2. The zero-order chi connectivity index (χ0) is 26.0. The van der Waals surface area contributed by atoms with Gasteiger partial charge in [0.05, 0.1) is 5.54 Å².